The smallest absolute Gasteiger partial charge is 0.343 e. The first-order chi connectivity index (χ1) is 13.7. The van der Waals surface area contributed by atoms with Crippen molar-refractivity contribution in [2.75, 3.05) is 6.61 Å². The van der Waals surface area contributed by atoms with E-state index in [4.69, 9.17) is 9.84 Å². The predicted octanol–water partition coefficient (Wildman–Crippen LogP) is 2.52. The molecule has 150 valence electrons. The first-order valence-electron chi connectivity index (χ1n) is 8.66. The lowest BCUT2D eigenvalue weighted by molar-refractivity contribution is -0.00336. The van der Waals surface area contributed by atoms with Gasteiger partial charge in [0.05, 0.1) is 12.3 Å². The molecule has 0 saturated carbocycles. The summed E-state index contributed by atoms with van der Waals surface area (Å²) in [7, 11) is 0. The Morgan fingerprint density at radius 2 is 1.97 bits per heavy atom. The molecule has 0 amide bonds. The Bertz CT molecular complexity index is 1050. The second-order valence-corrected chi connectivity index (χ2v) is 6.72. The van der Waals surface area contributed by atoms with Crippen LogP contribution in [0.15, 0.2) is 36.2 Å². The third-order valence-electron chi connectivity index (χ3n) is 4.61. The van der Waals surface area contributed by atoms with Crippen LogP contribution in [-0.2, 0) is 4.74 Å². The molecule has 1 atom stereocenters. The van der Waals surface area contributed by atoms with E-state index >= 15 is 0 Å². The minimum absolute atomic E-state index is 0.144. The van der Waals surface area contributed by atoms with Gasteiger partial charge < -0.3 is 25.2 Å². The van der Waals surface area contributed by atoms with Gasteiger partial charge in [0.15, 0.2) is 0 Å². The van der Waals surface area contributed by atoms with Crippen molar-refractivity contribution >= 4 is 23.9 Å². The van der Waals surface area contributed by atoms with Gasteiger partial charge in [0, 0.05) is 17.8 Å². The highest BCUT2D eigenvalue weighted by Gasteiger charge is 2.46. The zero-order valence-electron chi connectivity index (χ0n) is 15.7. The van der Waals surface area contributed by atoms with Gasteiger partial charge in [-0.05, 0) is 49.3 Å². The second kappa shape index (κ2) is 7.40. The van der Waals surface area contributed by atoms with Crippen molar-refractivity contribution in [3.05, 3.63) is 64.2 Å². The Morgan fingerprint density at radius 1 is 1.24 bits per heavy atom. The normalized spacial score (nSPS) is 18.4. The molecule has 0 bridgehead atoms. The monoisotopic (exact) mass is 397 g/mol. The van der Waals surface area contributed by atoms with Crippen LogP contribution >= 0.6 is 0 Å². The minimum Gasteiger partial charge on any atom is -0.508 e. The van der Waals surface area contributed by atoms with E-state index in [2.05, 4.69) is 4.98 Å². The van der Waals surface area contributed by atoms with Crippen LogP contribution in [0.2, 0.25) is 0 Å². The largest absolute Gasteiger partial charge is 0.508 e. The average Bonchev–Trinajstić information content (AvgIpc) is 2.64. The minimum atomic E-state index is -2.01. The zero-order chi connectivity index (χ0) is 21.3. The van der Waals surface area contributed by atoms with Crippen molar-refractivity contribution in [1.82, 2.24) is 4.98 Å². The quantitative estimate of drug-likeness (QED) is 0.578. The number of aromatic nitrogens is 1. The number of benzene rings is 1. The summed E-state index contributed by atoms with van der Waals surface area (Å²) in [5, 5.41) is 38.8. The number of pyridine rings is 1. The Labute approximate surface area is 166 Å². The molecule has 8 nitrogen and oxygen atoms in total. The summed E-state index contributed by atoms with van der Waals surface area (Å²) in [5.41, 5.74) is -0.989. The van der Waals surface area contributed by atoms with Crippen LogP contribution in [0.3, 0.4) is 0 Å². The molecule has 1 aromatic heterocycles. The lowest BCUT2D eigenvalue weighted by Crippen LogP contribution is -2.44. The van der Waals surface area contributed by atoms with Gasteiger partial charge in [0.25, 0.3) is 0 Å². The number of aromatic hydroxyl groups is 2. The highest BCUT2D eigenvalue weighted by atomic mass is 16.6. The van der Waals surface area contributed by atoms with E-state index < -0.39 is 28.9 Å². The molecule has 1 aromatic carbocycles. The number of hydrogen-bond acceptors (Lipinski definition) is 8. The number of rotatable bonds is 4. The van der Waals surface area contributed by atoms with E-state index in [1.165, 1.54) is 38.3 Å². The van der Waals surface area contributed by atoms with Gasteiger partial charge in [0.1, 0.15) is 22.8 Å². The Kier molecular flexibility index (Phi) is 5.13. The molecule has 1 heterocycles. The number of esters is 1. The molecule has 0 aliphatic heterocycles. The number of fused-ring (bicyclic) bond motifs is 1. The van der Waals surface area contributed by atoms with Crippen molar-refractivity contribution in [2.24, 2.45) is 0 Å². The van der Waals surface area contributed by atoms with Crippen LogP contribution in [0, 0.1) is 6.92 Å². The maximum Gasteiger partial charge on any atom is 0.343 e. The average molecular weight is 397 g/mol. The fraction of sp³-hybridized carbons (Fsp3) is 0.190. The van der Waals surface area contributed by atoms with E-state index in [1.54, 1.807) is 12.1 Å². The van der Waals surface area contributed by atoms with Gasteiger partial charge in [-0.3, -0.25) is 9.78 Å². The number of nitrogens with zero attached hydrogens (tertiary/aromatic N) is 1. The van der Waals surface area contributed by atoms with Crippen molar-refractivity contribution in [1.29, 1.82) is 0 Å². The fourth-order valence-electron chi connectivity index (χ4n) is 3.07. The predicted molar refractivity (Wildman–Crippen MR) is 104 cm³/mol. The summed E-state index contributed by atoms with van der Waals surface area (Å²) < 4.78 is 5.32. The molecular formula is C21H19NO7. The lowest BCUT2D eigenvalue weighted by atomic mass is 9.84. The lowest BCUT2D eigenvalue weighted by Gasteiger charge is -2.31. The third kappa shape index (κ3) is 3.57. The molecule has 0 saturated heterocycles. The molecule has 0 spiro atoms. The van der Waals surface area contributed by atoms with Crippen molar-refractivity contribution in [2.45, 2.75) is 19.4 Å². The SMILES string of the molecule is Cc1cc(O)cc(O)c1C(=O)O[C@@]1(C)C(=O)c2cnc(/C=C/CO)cc2C=C1O. The maximum absolute atomic E-state index is 13.0. The molecule has 0 unspecified atom stereocenters. The van der Waals surface area contributed by atoms with Crippen molar-refractivity contribution in [3.8, 4) is 11.5 Å². The van der Waals surface area contributed by atoms with Crippen LogP contribution in [0.25, 0.3) is 12.2 Å². The third-order valence-corrected chi connectivity index (χ3v) is 4.61. The first kappa shape index (κ1) is 20.1. The number of hydrogen-bond donors (Lipinski definition) is 4. The number of aliphatic hydroxyl groups excluding tert-OH is 2. The van der Waals surface area contributed by atoms with Gasteiger partial charge in [0.2, 0.25) is 11.4 Å². The number of phenolic OH excluding ortho intramolecular Hbond substituents is 2. The van der Waals surface area contributed by atoms with E-state index in [1.807, 2.05) is 0 Å². The molecule has 0 fully saturated rings. The zero-order valence-corrected chi connectivity index (χ0v) is 15.7. The first-order valence-corrected chi connectivity index (χ1v) is 8.66. The molecule has 8 heteroatoms. The van der Waals surface area contributed by atoms with E-state index in [-0.39, 0.29) is 29.0 Å². The molecule has 29 heavy (non-hydrogen) atoms. The number of ether oxygens (including phenoxy) is 1. The summed E-state index contributed by atoms with van der Waals surface area (Å²) in [6, 6.07) is 3.79. The van der Waals surface area contributed by atoms with Crippen molar-refractivity contribution in [3.63, 3.8) is 0 Å². The summed E-state index contributed by atoms with van der Waals surface area (Å²) in [4.78, 5) is 29.7. The number of Topliss-reactive ketones (excluding diaryl/α,β-unsaturated/α-hetero) is 1. The molecule has 3 rings (SSSR count). The van der Waals surface area contributed by atoms with E-state index in [9.17, 15) is 24.9 Å². The summed E-state index contributed by atoms with van der Waals surface area (Å²) in [6.45, 7) is 2.56. The van der Waals surface area contributed by atoms with Crippen molar-refractivity contribution < 1.29 is 34.8 Å². The standard InChI is InChI=1S/C21H19NO7/c1-11-6-14(24)9-16(25)18(11)20(28)29-21(2)17(26)8-12-7-13(4-3-5-23)22-10-15(12)19(21)27/h3-4,6-10,23-26H,5H2,1-2H3/b4-3+/t21-/m1/s1. The molecule has 1 aliphatic carbocycles. The van der Waals surface area contributed by atoms with Crippen LogP contribution in [-0.4, -0.2) is 49.4 Å². The second-order valence-electron chi connectivity index (χ2n) is 6.72. The summed E-state index contributed by atoms with van der Waals surface area (Å²) in [5.74, 6) is -2.94. The van der Waals surface area contributed by atoms with Gasteiger partial charge in [-0.1, -0.05) is 6.08 Å². The van der Waals surface area contributed by atoms with Crippen LogP contribution in [0.1, 0.15) is 44.5 Å². The number of aryl methyl sites for hydroxylation is 1. The Balaban J connectivity index is 1.97. The van der Waals surface area contributed by atoms with Crippen LogP contribution in [0.5, 0.6) is 11.5 Å². The molecule has 4 N–H and O–H groups in total. The summed E-state index contributed by atoms with van der Waals surface area (Å²) >= 11 is 0. The number of aliphatic hydroxyl groups is 2. The van der Waals surface area contributed by atoms with Gasteiger partial charge >= 0.3 is 5.97 Å². The number of carbonyl (C=O) groups is 2. The van der Waals surface area contributed by atoms with E-state index in [0.717, 1.165) is 6.07 Å². The van der Waals surface area contributed by atoms with Gasteiger partial charge in [-0.15, -0.1) is 0 Å². The van der Waals surface area contributed by atoms with Crippen LogP contribution in [0.4, 0.5) is 0 Å². The van der Waals surface area contributed by atoms with Gasteiger partial charge in [-0.25, -0.2) is 4.79 Å². The highest BCUT2D eigenvalue weighted by molar-refractivity contribution is 6.11. The van der Waals surface area contributed by atoms with Gasteiger partial charge in [-0.2, -0.15) is 0 Å². The highest BCUT2D eigenvalue weighted by Crippen LogP contribution is 2.36. The molecule has 1 aliphatic rings. The topological polar surface area (TPSA) is 137 Å². The molecule has 2 aromatic rings. The van der Waals surface area contributed by atoms with Crippen LogP contribution < -0.4 is 0 Å². The number of carbonyl (C=O) groups excluding carboxylic acids is 2. The summed E-state index contributed by atoms with van der Waals surface area (Å²) in [6.07, 6.45) is 5.62. The van der Waals surface area contributed by atoms with E-state index in [0.29, 0.717) is 11.3 Å². The number of ketones is 1. The Morgan fingerprint density at radius 3 is 2.62 bits per heavy atom. The number of phenols is 2. The molecular weight excluding hydrogens is 378 g/mol. The molecule has 0 radical (unpaired) electrons. The fourth-order valence-corrected chi connectivity index (χ4v) is 3.07. The Hall–Kier alpha value is -3.65. The maximum atomic E-state index is 13.0.